The number of aryl methyl sites for hydroxylation is 1. The Bertz CT molecular complexity index is 979. The molecule has 200 valence electrons. The third-order valence-electron chi connectivity index (χ3n) is 9.16. The van der Waals surface area contributed by atoms with Crippen LogP contribution in [0.5, 0.6) is 0 Å². The molecule has 4 unspecified atom stereocenters. The lowest BCUT2D eigenvalue weighted by molar-refractivity contribution is -0.140. The van der Waals surface area contributed by atoms with E-state index in [4.69, 9.17) is 4.74 Å². The highest BCUT2D eigenvalue weighted by atomic mass is 16.5. The lowest BCUT2D eigenvalue weighted by Gasteiger charge is -2.37. The van der Waals surface area contributed by atoms with Crippen LogP contribution in [0.4, 0.5) is 0 Å². The molecule has 4 atom stereocenters. The van der Waals surface area contributed by atoms with Crippen LogP contribution in [-0.4, -0.2) is 66.7 Å². The number of likely N-dealkylation sites (tertiary alicyclic amines) is 1. The van der Waals surface area contributed by atoms with Gasteiger partial charge < -0.3 is 15.0 Å². The van der Waals surface area contributed by atoms with Gasteiger partial charge in [-0.05, 0) is 62.0 Å². The van der Waals surface area contributed by atoms with Crippen LogP contribution in [0.1, 0.15) is 68.9 Å². The highest BCUT2D eigenvalue weighted by molar-refractivity contribution is 5.86. The number of morpholine rings is 1. The summed E-state index contributed by atoms with van der Waals surface area (Å²) in [5, 5.41) is 13.2. The van der Waals surface area contributed by atoms with Gasteiger partial charge in [-0.2, -0.15) is 5.26 Å². The Morgan fingerprint density at radius 3 is 2.54 bits per heavy atom. The molecule has 0 bridgehead atoms. The van der Waals surface area contributed by atoms with Gasteiger partial charge in [0.1, 0.15) is 0 Å². The van der Waals surface area contributed by atoms with Gasteiger partial charge >= 0.3 is 0 Å². The molecule has 7 heteroatoms. The molecule has 1 aromatic rings. The third kappa shape index (κ3) is 6.35. The first-order chi connectivity index (χ1) is 18.1. The molecule has 2 aliphatic heterocycles. The molecule has 2 amide bonds. The monoisotopic (exact) mass is 506 g/mol. The Hall–Kier alpha value is -2.43. The summed E-state index contributed by atoms with van der Waals surface area (Å²) in [6.07, 6.45) is 10.5. The topological polar surface area (TPSA) is 85.7 Å². The normalized spacial score (nSPS) is 27.8. The number of hydrogen-bond acceptors (Lipinski definition) is 5. The fraction of sp³-hybridized carbons (Fsp3) is 0.700. The molecule has 2 saturated heterocycles. The van der Waals surface area contributed by atoms with Gasteiger partial charge in [-0.3, -0.25) is 14.5 Å². The number of carbonyl (C=O) groups is 2. The van der Waals surface area contributed by atoms with E-state index in [1.165, 1.54) is 30.4 Å². The number of ether oxygens (including phenoxy) is 1. The Morgan fingerprint density at radius 2 is 1.78 bits per heavy atom. The maximum Gasteiger partial charge on any atom is 0.224 e. The largest absolute Gasteiger partial charge is 0.378 e. The highest BCUT2D eigenvalue weighted by Crippen LogP contribution is 2.33. The van der Waals surface area contributed by atoms with Crippen molar-refractivity contribution in [3.05, 3.63) is 35.4 Å². The van der Waals surface area contributed by atoms with Crippen LogP contribution in [0.2, 0.25) is 0 Å². The minimum atomic E-state index is -0.376. The molecule has 37 heavy (non-hydrogen) atoms. The predicted molar refractivity (Wildman–Crippen MR) is 141 cm³/mol. The molecule has 1 aromatic carbocycles. The third-order valence-corrected chi connectivity index (χ3v) is 9.16. The van der Waals surface area contributed by atoms with Crippen molar-refractivity contribution >= 4 is 11.8 Å². The molecule has 1 N–H and O–H groups in total. The summed E-state index contributed by atoms with van der Waals surface area (Å²) in [5.41, 5.74) is 2.79. The number of hydrogen-bond donors (Lipinski definition) is 1. The van der Waals surface area contributed by atoms with E-state index in [0.717, 1.165) is 45.1 Å². The maximum atomic E-state index is 13.9. The molecular formula is C30H42N4O3. The van der Waals surface area contributed by atoms with Crippen LogP contribution in [0, 0.1) is 29.1 Å². The van der Waals surface area contributed by atoms with Gasteiger partial charge in [-0.1, -0.05) is 43.5 Å². The number of rotatable bonds is 7. The van der Waals surface area contributed by atoms with Crippen LogP contribution < -0.4 is 5.32 Å². The van der Waals surface area contributed by atoms with Gasteiger partial charge in [0, 0.05) is 38.0 Å². The standard InChI is InChI=1S/C30H42N4O3/c31-21-25-12-13-34(27-8-2-1-3-9-27)29(25)32-30(36)26(20-28(35)33-14-16-37-17-15-33)19-22-10-11-23-6-4-5-7-24(23)18-22/h4-7,22,25-27,29H,1-3,8-20H2,(H,32,36). The summed E-state index contributed by atoms with van der Waals surface area (Å²) in [7, 11) is 0. The second kappa shape index (κ2) is 12.4. The lowest BCUT2D eigenvalue weighted by atomic mass is 9.78. The molecule has 3 fully saturated rings. The number of benzene rings is 1. The molecular weight excluding hydrogens is 464 g/mol. The van der Waals surface area contributed by atoms with E-state index in [9.17, 15) is 14.9 Å². The van der Waals surface area contributed by atoms with Crippen molar-refractivity contribution < 1.29 is 14.3 Å². The summed E-state index contributed by atoms with van der Waals surface area (Å²) in [5.74, 6) is -0.185. The first-order valence-electron chi connectivity index (χ1n) is 14.5. The van der Waals surface area contributed by atoms with Gasteiger partial charge in [-0.15, -0.1) is 0 Å². The first kappa shape index (κ1) is 26.2. The van der Waals surface area contributed by atoms with Crippen LogP contribution in [0.3, 0.4) is 0 Å². The van der Waals surface area contributed by atoms with Crippen molar-refractivity contribution in [3.8, 4) is 6.07 Å². The van der Waals surface area contributed by atoms with Crippen LogP contribution in [-0.2, 0) is 27.2 Å². The van der Waals surface area contributed by atoms with Crippen LogP contribution in [0.25, 0.3) is 0 Å². The van der Waals surface area contributed by atoms with Gasteiger partial charge in [0.05, 0.1) is 31.4 Å². The Morgan fingerprint density at radius 1 is 1.03 bits per heavy atom. The predicted octanol–water partition coefficient (Wildman–Crippen LogP) is 3.67. The Labute approximate surface area is 221 Å². The van der Waals surface area contributed by atoms with E-state index in [1.807, 2.05) is 4.90 Å². The summed E-state index contributed by atoms with van der Waals surface area (Å²) in [6.45, 7) is 3.18. The van der Waals surface area contributed by atoms with Gasteiger partial charge in [0.2, 0.25) is 11.8 Å². The fourth-order valence-corrected chi connectivity index (χ4v) is 7.03. The van der Waals surface area contributed by atoms with Crippen LogP contribution in [0.15, 0.2) is 24.3 Å². The highest BCUT2D eigenvalue weighted by Gasteiger charge is 2.41. The van der Waals surface area contributed by atoms with Gasteiger partial charge in [0.25, 0.3) is 0 Å². The Kier molecular flexibility index (Phi) is 8.78. The van der Waals surface area contributed by atoms with E-state index in [0.29, 0.717) is 44.7 Å². The van der Waals surface area contributed by atoms with E-state index in [-0.39, 0.29) is 36.2 Å². The molecule has 2 aliphatic carbocycles. The molecule has 7 nitrogen and oxygen atoms in total. The summed E-state index contributed by atoms with van der Waals surface area (Å²) >= 11 is 0. The summed E-state index contributed by atoms with van der Waals surface area (Å²) in [4.78, 5) is 31.4. The Balaban J connectivity index is 1.30. The van der Waals surface area contributed by atoms with Crippen molar-refractivity contribution in [3.63, 3.8) is 0 Å². The van der Waals surface area contributed by atoms with E-state index in [2.05, 4.69) is 40.6 Å². The number of nitriles is 1. The van der Waals surface area contributed by atoms with Gasteiger partial charge in [-0.25, -0.2) is 0 Å². The molecule has 0 radical (unpaired) electrons. The quantitative estimate of drug-likeness (QED) is 0.610. The average Bonchev–Trinajstić information content (AvgIpc) is 3.35. The maximum absolute atomic E-state index is 13.9. The van der Waals surface area contributed by atoms with Crippen molar-refractivity contribution in [2.45, 2.75) is 82.8 Å². The zero-order valence-electron chi connectivity index (χ0n) is 22.1. The second-order valence-corrected chi connectivity index (χ2v) is 11.5. The second-order valence-electron chi connectivity index (χ2n) is 11.5. The average molecular weight is 507 g/mol. The van der Waals surface area contributed by atoms with Crippen molar-refractivity contribution in [1.29, 1.82) is 5.26 Å². The smallest absolute Gasteiger partial charge is 0.224 e. The number of fused-ring (bicyclic) bond motifs is 1. The van der Waals surface area contributed by atoms with Crippen LogP contribution >= 0.6 is 0 Å². The van der Waals surface area contributed by atoms with E-state index < -0.39 is 0 Å². The number of carbonyl (C=O) groups excluding carboxylic acids is 2. The minimum Gasteiger partial charge on any atom is -0.378 e. The number of nitrogens with one attached hydrogen (secondary N) is 1. The molecule has 5 rings (SSSR count). The van der Waals surface area contributed by atoms with Gasteiger partial charge in [0.15, 0.2) is 0 Å². The molecule has 2 heterocycles. The molecule has 1 saturated carbocycles. The van der Waals surface area contributed by atoms with Crippen molar-refractivity contribution in [2.24, 2.45) is 17.8 Å². The van der Waals surface area contributed by atoms with Crippen molar-refractivity contribution in [2.75, 3.05) is 32.8 Å². The molecule has 0 aromatic heterocycles. The zero-order valence-corrected chi connectivity index (χ0v) is 22.1. The zero-order chi connectivity index (χ0) is 25.6. The first-order valence-corrected chi connectivity index (χ1v) is 14.5. The number of amides is 2. The fourth-order valence-electron chi connectivity index (χ4n) is 7.03. The SMILES string of the molecule is N#CC1CCN(C2CCCCC2)C1NC(=O)C(CC(=O)N1CCOCC1)CC1CCc2ccccc2C1. The summed E-state index contributed by atoms with van der Waals surface area (Å²) in [6, 6.07) is 11.5. The minimum absolute atomic E-state index is 0.0478. The lowest BCUT2D eigenvalue weighted by Crippen LogP contribution is -2.53. The molecule has 0 spiro atoms. The van der Waals surface area contributed by atoms with Crippen molar-refractivity contribution in [1.82, 2.24) is 15.1 Å². The van der Waals surface area contributed by atoms with E-state index >= 15 is 0 Å². The molecule has 4 aliphatic rings. The number of nitrogens with zero attached hydrogens (tertiary/aromatic N) is 3. The summed E-state index contributed by atoms with van der Waals surface area (Å²) < 4.78 is 5.43. The van der Waals surface area contributed by atoms with E-state index in [1.54, 1.807) is 0 Å².